The minimum Gasteiger partial charge on any atom is -0.338 e. The van der Waals surface area contributed by atoms with Gasteiger partial charge in [0.05, 0.1) is 0 Å². The maximum atomic E-state index is 12.0. The summed E-state index contributed by atoms with van der Waals surface area (Å²) in [6.45, 7) is 13.6. The predicted molar refractivity (Wildman–Crippen MR) is 89.6 cm³/mol. The third-order valence-electron chi connectivity index (χ3n) is 6.30. The third kappa shape index (κ3) is 3.09. The molecule has 4 heteroatoms. The van der Waals surface area contributed by atoms with Crippen molar-refractivity contribution in [2.45, 2.75) is 33.6 Å². The number of allylic oxidation sites excluding steroid dienone is 1. The fourth-order valence-corrected chi connectivity index (χ4v) is 4.42. The van der Waals surface area contributed by atoms with Gasteiger partial charge in [0.25, 0.3) is 0 Å². The lowest BCUT2D eigenvalue weighted by Gasteiger charge is -2.57. The highest BCUT2D eigenvalue weighted by Gasteiger charge is 2.51. The average molecular weight is 305 g/mol. The van der Waals surface area contributed by atoms with Crippen LogP contribution in [-0.2, 0) is 4.79 Å². The molecule has 0 radical (unpaired) electrons. The lowest BCUT2D eigenvalue weighted by Crippen LogP contribution is -2.51. The molecular weight excluding hydrogens is 274 g/mol. The van der Waals surface area contributed by atoms with Crippen molar-refractivity contribution in [1.29, 1.82) is 0 Å². The Kier molecular flexibility index (Phi) is 4.60. The molecule has 1 N–H and O–H groups in total. The second-order valence-corrected chi connectivity index (χ2v) is 7.85. The van der Waals surface area contributed by atoms with E-state index in [9.17, 15) is 4.79 Å². The zero-order valence-corrected chi connectivity index (χ0v) is 14.4. The fraction of sp³-hybridized carbons (Fsp3) is 0.833. The topological polar surface area (TPSA) is 35.6 Å². The summed E-state index contributed by atoms with van der Waals surface area (Å²) < 4.78 is 0. The Bertz CT molecular complexity index is 451. The van der Waals surface area contributed by atoms with Gasteiger partial charge in [-0.05, 0) is 30.1 Å². The van der Waals surface area contributed by atoms with E-state index in [0.29, 0.717) is 11.3 Å². The zero-order valence-electron chi connectivity index (χ0n) is 14.4. The normalized spacial score (nSPS) is 30.4. The summed E-state index contributed by atoms with van der Waals surface area (Å²) in [5.74, 6) is 1.79. The molecule has 2 atom stereocenters. The molecule has 1 amide bonds. The molecule has 4 aliphatic rings. The number of carbonyl (C=O) groups is 1. The van der Waals surface area contributed by atoms with E-state index in [-0.39, 0.29) is 5.91 Å². The van der Waals surface area contributed by atoms with Crippen LogP contribution in [0, 0.1) is 17.3 Å². The Labute approximate surface area is 134 Å². The number of hydrogen-bond acceptors (Lipinski definition) is 3. The zero-order chi connectivity index (χ0) is 15.7. The monoisotopic (exact) mass is 305 g/mol. The number of nitrogens with one attached hydrogen (secondary N) is 1. The van der Waals surface area contributed by atoms with Gasteiger partial charge in [-0.25, -0.2) is 0 Å². The van der Waals surface area contributed by atoms with Gasteiger partial charge >= 0.3 is 0 Å². The smallest absolute Gasteiger partial charge is 0.219 e. The van der Waals surface area contributed by atoms with Crippen LogP contribution < -0.4 is 5.32 Å². The number of amides is 1. The van der Waals surface area contributed by atoms with Crippen LogP contribution in [0.2, 0.25) is 0 Å². The molecule has 124 valence electrons. The molecule has 1 heterocycles. The molecular formula is C18H31N3O. The predicted octanol–water partition coefficient (Wildman–Crippen LogP) is 1.73. The highest BCUT2D eigenvalue weighted by Crippen LogP contribution is 2.59. The van der Waals surface area contributed by atoms with Crippen molar-refractivity contribution in [1.82, 2.24) is 15.1 Å². The summed E-state index contributed by atoms with van der Waals surface area (Å²) in [4.78, 5) is 16.6. The Morgan fingerprint density at radius 2 is 2.14 bits per heavy atom. The molecule has 1 saturated heterocycles. The van der Waals surface area contributed by atoms with Crippen LogP contribution in [0.15, 0.2) is 11.6 Å². The number of hydrogen-bond donors (Lipinski definition) is 1. The van der Waals surface area contributed by atoms with E-state index in [2.05, 4.69) is 35.0 Å². The molecule has 4 nitrogen and oxygen atoms in total. The second-order valence-electron chi connectivity index (χ2n) is 7.85. The molecule has 0 aromatic heterocycles. The molecule has 1 aliphatic heterocycles. The molecule has 0 aromatic carbocycles. The van der Waals surface area contributed by atoms with Crippen molar-refractivity contribution >= 4 is 5.91 Å². The van der Waals surface area contributed by atoms with Gasteiger partial charge < -0.3 is 10.2 Å². The molecule has 22 heavy (non-hydrogen) atoms. The van der Waals surface area contributed by atoms with E-state index in [1.165, 1.54) is 18.4 Å². The highest BCUT2D eigenvalue weighted by molar-refractivity contribution is 5.73. The molecule has 2 fully saturated rings. The summed E-state index contributed by atoms with van der Waals surface area (Å²) in [7, 11) is 0. The largest absolute Gasteiger partial charge is 0.338 e. The van der Waals surface area contributed by atoms with E-state index in [1.807, 2.05) is 0 Å². The molecule has 2 unspecified atom stereocenters. The summed E-state index contributed by atoms with van der Waals surface area (Å²) >= 11 is 0. The van der Waals surface area contributed by atoms with Gasteiger partial charge in [-0.15, -0.1) is 0 Å². The summed E-state index contributed by atoms with van der Waals surface area (Å²) in [6, 6.07) is 0. The molecule has 2 bridgehead atoms. The van der Waals surface area contributed by atoms with E-state index in [4.69, 9.17) is 0 Å². The number of carbonyl (C=O) groups excluding carboxylic acids is 1. The van der Waals surface area contributed by atoms with Crippen molar-refractivity contribution in [2.75, 3.05) is 45.8 Å². The van der Waals surface area contributed by atoms with Crippen LogP contribution in [0.3, 0.4) is 0 Å². The van der Waals surface area contributed by atoms with Crippen molar-refractivity contribution in [3.8, 4) is 0 Å². The Balaban J connectivity index is 1.55. The molecule has 3 aliphatic carbocycles. The third-order valence-corrected chi connectivity index (χ3v) is 6.30. The van der Waals surface area contributed by atoms with Gasteiger partial charge in [-0.1, -0.05) is 25.5 Å². The van der Waals surface area contributed by atoms with Crippen LogP contribution in [-0.4, -0.2) is 61.5 Å². The van der Waals surface area contributed by atoms with Gasteiger partial charge in [0.15, 0.2) is 0 Å². The number of piperazine rings is 1. The van der Waals surface area contributed by atoms with Crippen molar-refractivity contribution in [3.63, 3.8) is 0 Å². The molecule has 1 saturated carbocycles. The fourth-order valence-electron chi connectivity index (χ4n) is 4.42. The number of nitrogens with zero attached hydrogens (tertiary/aromatic N) is 2. The van der Waals surface area contributed by atoms with Crippen LogP contribution in [0.1, 0.15) is 33.6 Å². The van der Waals surface area contributed by atoms with E-state index >= 15 is 0 Å². The number of fused-ring (bicyclic) bond motifs is 1. The van der Waals surface area contributed by atoms with E-state index in [1.54, 1.807) is 6.92 Å². The maximum Gasteiger partial charge on any atom is 0.219 e. The van der Waals surface area contributed by atoms with Crippen LogP contribution in [0.25, 0.3) is 0 Å². The average Bonchev–Trinajstić information content (AvgIpc) is 2.52. The second kappa shape index (κ2) is 6.32. The minimum absolute atomic E-state index is 0.218. The van der Waals surface area contributed by atoms with Gasteiger partial charge in [0.1, 0.15) is 0 Å². The van der Waals surface area contributed by atoms with Crippen LogP contribution >= 0.6 is 0 Å². The van der Waals surface area contributed by atoms with E-state index in [0.717, 1.165) is 51.7 Å². The Morgan fingerprint density at radius 1 is 1.41 bits per heavy atom. The first-order chi connectivity index (χ1) is 10.5. The Morgan fingerprint density at radius 3 is 2.73 bits per heavy atom. The molecule has 0 aromatic rings. The van der Waals surface area contributed by atoms with Crippen LogP contribution in [0.5, 0.6) is 0 Å². The van der Waals surface area contributed by atoms with Gasteiger partial charge in [-0.2, -0.15) is 0 Å². The highest BCUT2D eigenvalue weighted by atomic mass is 16.2. The minimum atomic E-state index is 0.218. The van der Waals surface area contributed by atoms with Crippen molar-refractivity contribution in [3.05, 3.63) is 11.6 Å². The lowest BCUT2D eigenvalue weighted by molar-refractivity contribution is -0.129. The first kappa shape index (κ1) is 16.0. The van der Waals surface area contributed by atoms with Gasteiger partial charge in [0, 0.05) is 52.7 Å². The number of rotatable bonds is 5. The van der Waals surface area contributed by atoms with Gasteiger partial charge in [-0.3, -0.25) is 9.69 Å². The first-order valence-electron chi connectivity index (χ1n) is 8.86. The first-order valence-corrected chi connectivity index (χ1v) is 8.86. The summed E-state index contributed by atoms with van der Waals surface area (Å²) in [5, 5.41) is 3.38. The van der Waals surface area contributed by atoms with Crippen molar-refractivity contribution < 1.29 is 4.79 Å². The quantitative estimate of drug-likeness (QED) is 0.786. The van der Waals surface area contributed by atoms with Gasteiger partial charge in [0.2, 0.25) is 5.91 Å². The maximum absolute atomic E-state index is 12.0. The standard InChI is InChI=1S/C18H31N3O/c1-14(22)21(11-10-20-8-6-19-7-9-20)13-15-4-5-16-12-17(15)18(16,2)3/h4,16-17,19H,5-13H2,1-3H3. The summed E-state index contributed by atoms with van der Waals surface area (Å²) in [5.41, 5.74) is 1.97. The Hall–Kier alpha value is -0.870. The van der Waals surface area contributed by atoms with E-state index < -0.39 is 0 Å². The molecule has 0 spiro atoms. The van der Waals surface area contributed by atoms with Crippen LogP contribution in [0.4, 0.5) is 0 Å². The lowest BCUT2D eigenvalue weighted by atomic mass is 9.49. The SMILES string of the molecule is CC(=O)N(CCN1CCNCC1)CC1=CCC2CC1C2(C)C. The molecule has 4 rings (SSSR count). The summed E-state index contributed by atoms with van der Waals surface area (Å²) in [6.07, 6.45) is 4.97. The van der Waals surface area contributed by atoms with Crippen molar-refractivity contribution in [2.24, 2.45) is 17.3 Å².